The molecule has 2 aromatic carbocycles. The predicted molar refractivity (Wildman–Crippen MR) is 157 cm³/mol. The summed E-state index contributed by atoms with van der Waals surface area (Å²) < 4.78 is 36.3. The molecule has 2 fully saturated rings. The number of carboxylic acid groups (broad SMARTS) is 1. The molecule has 1 saturated heterocycles. The molecule has 1 aliphatic heterocycles. The van der Waals surface area contributed by atoms with E-state index in [9.17, 15) is 18.7 Å². The van der Waals surface area contributed by atoms with Gasteiger partial charge in [-0.2, -0.15) is 0 Å². The number of fused-ring (bicyclic) bond motifs is 1. The smallest absolute Gasteiger partial charge is 0.307 e. The molecule has 42 heavy (non-hydrogen) atoms. The van der Waals surface area contributed by atoms with Gasteiger partial charge in [-0.3, -0.25) is 9.78 Å². The molecule has 1 N–H and O–H groups in total. The number of ether oxygens (including phenoxy) is 1. The SMILES string of the molecule is Cc1ccc(COc2ccc3nc([C@H]4CCCCC4C(=O)O)n(Cc4ccc(N5CCCC(F)(F)C5)cc4)c3c2)nc1. The first-order valence-electron chi connectivity index (χ1n) is 14.7. The number of benzene rings is 2. The van der Waals surface area contributed by atoms with Crippen molar-refractivity contribution in [3.05, 3.63) is 83.4 Å². The van der Waals surface area contributed by atoms with Gasteiger partial charge in [-0.05, 0) is 67.6 Å². The van der Waals surface area contributed by atoms with Crippen molar-refractivity contribution in [2.75, 3.05) is 18.0 Å². The third-order valence-electron chi connectivity index (χ3n) is 8.56. The molecule has 0 radical (unpaired) electrons. The Labute approximate surface area is 244 Å². The highest BCUT2D eigenvalue weighted by Gasteiger charge is 2.36. The number of aryl methyl sites for hydroxylation is 1. The molecule has 1 aliphatic carbocycles. The normalized spacial score (nSPS) is 20.5. The van der Waals surface area contributed by atoms with Gasteiger partial charge < -0.3 is 19.3 Å². The number of aliphatic carboxylic acids is 1. The highest BCUT2D eigenvalue weighted by atomic mass is 19.3. The van der Waals surface area contributed by atoms with E-state index < -0.39 is 17.8 Å². The number of hydrogen-bond acceptors (Lipinski definition) is 5. The highest BCUT2D eigenvalue weighted by molar-refractivity contribution is 5.79. The maximum absolute atomic E-state index is 14.0. The number of rotatable bonds is 8. The van der Waals surface area contributed by atoms with Gasteiger partial charge in [-0.25, -0.2) is 13.8 Å². The Morgan fingerprint density at radius 1 is 1.07 bits per heavy atom. The molecular weight excluding hydrogens is 538 g/mol. The average Bonchev–Trinajstić information content (AvgIpc) is 3.34. The van der Waals surface area contributed by atoms with Crippen LogP contribution in [0, 0.1) is 12.8 Å². The minimum atomic E-state index is -2.67. The van der Waals surface area contributed by atoms with Crippen molar-refractivity contribution in [3.63, 3.8) is 0 Å². The minimum Gasteiger partial charge on any atom is -0.487 e. The molecule has 0 bridgehead atoms. The fourth-order valence-corrected chi connectivity index (χ4v) is 6.32. The molecular formula is C33H36F2N4O3. The molecule has 2 atom stereocenters. The van der Waals surface area contributed by atoms with Crippen molar-refractivity contribution >= 4 is 22.7 Å². The van der Waals surface area contributed by atoms with Gasteiger partial charge in [-0.1, -0.05) is 31.0 Å². The van der Waals surface area contributed by atoms with Crippen LogP contribution in [-0.2, 0) is 17.9 Å². The molecule has 0 spiro atoms. The first-order chi connectivity index (χ1) is 20.3. The minimum absolute atomic E-state index is 0.0657. The molecule has 4 aromatic rings. The molecule has 2 aliphatic rings. The lowest BCUT2D eigenvalue weighted by Gasteiger charge is -2.34. The molecule has 7 nitrogen and oxygen atoms in total. The number of carboxylic acids is 1. The van der Waals surface area contributed by atoms with Crippen LogP contribution in [0.4, 0.5) is 14.5 Å². The monoisotopic (exact) mass is 574 g/mol. The Balaban J connectivity index is 1.32. The van der Waals surface area contributed by atoms with Gasteiger partial charge in [0.25, 0.3) is 5.92 Å². The lowest BCUT2D eigenvalue weighted by atomic mass is 9.78. The van der Waals surface area contributed by atoms with Crippen LogP contribution in [0.15, 0.2) is 60.8 Å². The van der Waals surface area contributed by atoms with E-state index in [1.807, 2.05) is 67.7 Å². The first kappa shape index (κ1) is 28.1. The summed E-state index contributed by atoms with van der Waals surface area (Å²) in [5.41, 5.74) is 5.34. The molecule has 0 amide bonds. The Hall–Kier alpha value is -4.01. The third-order valence-corrected chi connectivity index (χ3v) is 8.56. The molecule has 1 saturated carbocycles. The van der Waals surface area contributed by atoms with Crippen molar-refractivity contribution in [3.8, 4) is 5.75 Å². The number of alkyl halides is 2. The van der Waals surface area contributed by atoms with Gasteiger partial charge in [0.05, 0.1) is 29.2 Å². The van der Waals surface area contributed by atoms with E-state index in [0.29, 0.717) is 38.3 Å². The van der Waals surface area contributed by atoms with Crippen molar-refractivity contribution < 1.29 is 23.4 Å². The van der Waals surface area contributed by atoms with Crippen LogP contribution in [-0.4, -0.2) is 44.6 Å². The summed E-state index contributed by atoms with van der Waals surface area (Å²) in [4.78, 5) is 23.4. The molecule has 9 heteroatoms. The quantitative estimate of drug-likeness (QED) is 0.245. The lowest BCUT2D eigenvalue weighted by Crippen LogP contribution is -2.42. The van der Waals surface area contributed by atoms with E-state index in [1.165, 1.54) is 0 Å². The number of carbonyl (C=O) groups is 1. The molecule has 1 unspecified atom stereocenters. The number of halogens is 2. The second-order valence-corrected chi connectivity index (χ2v) is 11.7. The van der Waals surface area contributed by atoms with Crippen LogP contribution >= 0.6 is 0 Å². The third kappa shape index (κ3) is 6.10. The maximum Gasteiger partial charge on any atom is 0.307 e. The van der Waals surface area contributed by atoms with Gasteiger partial charge in [0.15, 0.2) is 0 Å². The first-order valence-corrected chi connectivity index (χ1v) is 14.7. The van der Waals surface area contributed by atoms with Crippen LogP contribution in [0.1, 0.15) is 67.1 Å². The van der Waals surface area contributed by atoms with Crippen LogP contribution in [0.25, 0.3) is 11.0 Å². The van der Waals surface area contributed by atoms with E-state index in [-0.39, 0.29) is 18.9 Å². The van der Waals surface area contributed by atoms with Crippen LogP contribution in [0.5, 0.6) is 5.75 Å². The lowest BCUT2D eigenvalue weighted by molar-refractivity contribution is -0.143. The summed E-state index contributed by atoms with van der Waals surface area (Å²) in [6.07, 6.45) is 5.48. The zero-order valence-electron chi connectivity index (χ0n) is 23.8. The zero-order chi connectivity index (χ0) is 29.3. The number of imidazole rings is 1. The molecule has 6 rings (SSSR count). The van der Waals surface area contributed by atoms with E-state index in [2.05, 4.69) is 9.55 Å². The number of piperidine rings is 1. The Bertz CT molecular complexity index is 1550. The summed E-state index contributed by atoms with van der Waals surface area (Å²) in [5.74, 6) is -2.68. The summed E-state index contributed by atoms with van der Waals surface area (Å²) in [5, 5.41) is 10.0. The van der Waals surface area contributed by atoms with Crippen LogP contribution in [0.3, 0.4) is 0 Å². The fourth-order valence-electron chi connectivity index (χ4n) is 6.32. The van der Waals surface area contributed by atoms with E-state index >= 15 is 0 Å². The van der Waals surface area contributed by atoms with E-state index in [0.717, 1.165) is 58.6 Å². The topological polar surface area (TPSA) is 80.5 Å². The summed E-state index contributed by atoms with van der Waals surface area (Å²) in [6.45, 7) is 3.15. The Morgan fingerprint density at radius 3 is 2.62 bits per heavy atom. The Morgan fingerprint density at radius 2 is 1.88 bits per heavy atom. The van der Waals surface area contributed by atoms with Gasteiger partial charge in [0, 0.05) is 43.4 Å². The molecule has 3 heterocycles. The van der Waals surface area contributed by atoms with Crippen molar-refractivity contribution in [2.45, 2.75) is 70.4 Å². The number of pyridine rings is 1. The summed E-state index contributed by atoms with van der Waals surface area (Å²) in [6, 6.07) is 17.5. The van der Waals surface area contributed by atoms with Gasteiger partial charge in [0.1, 0.15) is 18.2 Å². The largest absolute Gasteiger partial charge is 0.487 e. The van der Waals surface area contributed by atoms with Gasteiger partial charge >= 0.3 is 5.97 Å². The standard InChI is InChI=1S/C33H36F2N4O3/c1-22-7-10-24(36-18-22)20-42-26-13-14-29-30(17-26)39(31(37-29)27-5-2-3-6-28(27)32(40)41)19-23-8-11-25(12-9-23)38-16-4-15-33(34,35)21-38/h7-14,17-18,27-28H,2-6,15-16,19-21H2,1H3,(H,40,41)/t27-,28?/m0/s1. The van der Waals surface area contributed by atoms with Crippen LogP contribution in [0.2, 0.25) is 0 Å². The van der Waals surface area contributed by atoms with E-state index in [1.54, 1.807) is 4.90 Å². The van der Waals surface area contributed by atoms with Crippen molar-refractivity contribution in [1.82, 2.24) is 14.5 Å². The summed E-state index contributed by atoms with van der Waals surface area (Å²) >= 11 is 0. The number of hydrogen-bond donors (Lipinski definition) is 1. The fraction of sp³-hybridized carbons (Fsp3) is 0.424. The average molecular weight is 575 g/mol. The molecule has 220 valence electrons. The summed E-state index contributed by atoms with van der Waals surface area (Å²) in [7, 11) is 0. The van der Waals surface area contributed by atoms with E-state index in [4.69, 9.17) is 9.72 Å². The highest BCUT2D eigenvalue weighted by Crippen LogP contribution is 2.40. The maximum atomic E-state index is 14.0. The Kier molecular flexibility index (Phi) is 7.84. The van der Waals surface area contributed by atoms with Crippen molar-refractivity contribution in [1.29, 1.82) is 0 Å². The van der Waals surface area contributed by atoms with Gasteiger partial charge in [-0.15, -0.1) is 0 Å². The van der Waals surface area contributed by atoms with Gasteiger partial charge in [0.2, 0.25) is 0 Å². The van der Waals surface area contributed by atoms with Crippen molar-refractivity contribution in [2.24, 2.45) is 5.92 Å². The number of nitrogens with zero attached hydrogens (tertiary/aromatic N) is 4. The molecule has 2 aromatic heterocycles. The number of anilines is 1. The second-order valence-electron chi connectivity index (χ2n) is 11.7. The second kappa shape index (κ2) is 11.7. The predicted octanol–water partition coefficient (Wildman–Crippen LogP) is 6.96. The van der Waals surface area contributed by atoms with Crippen LogP contribution < -0.4 is 9.64 Å². The zero-order valence-corrected chi connectivity index (χ0v) is 23.8. The number of aromatic nitrogens is 3.